The van der Waals surface area contributed by atoms with Gasteiger partial charge >= 0.3 is 8.56 Å². The molecule has 26 heavy (non-hydrogen) atoms. The zero-order valence-electron chi connectivity index (χ0n) is 18.9. The van der Waals surface area contributed by atoms with E-state index in [1.54, 1.807) is 21.3 Å². The maximum atomic E-state index is 6.66. The van der Waals surface area contributed by atoms with E-state index in [4.69, 9.17) is 18.3 Å². The molecule has 0 aliphatic carbocycles. The molecular formula is C21H46O4Si. The first-order valence-corrected chi connectivity index (χ1v) is 12.6. The van der Waals surface area contributed by atoms with Crippen molar-refractivity contribution in [1.82, 2.24) is 0 Å². The Morgan fingerprint density at radius 3 is 1.62 bits per heavy atom. The van der Waals surface area contributed by atoms with Crippen LogP contribution < -0.4 is 0 Å². The Morgan fingerprint density at radius 2 is 1.19 bits per heavy atom. The van der Waals surface area contributed by atoms with Crippen molar-refractivity contribution in [2.75, 3.05) is 21.3 Å². The number of hydrogen-bond acceptors (Lipinski definition) is 4. The predicted octanol–water partition coefficient (Wildman–Crippen LogP) is 6.78. The first-order chi connectivity index (χ1) is 12.3. The van der Waals surface area contributed by atoms with Gasteiger partial charge in [-0.1, -0.05) is 86.0 Å². The highest BCUT2D eigenvalue weighted by Crippen LogP contribution is 2.44. The summed E-state index contributed by atoms with van der Waals surface area (Å²) in [5, 5.41) is -0.0571. The molecule has 158 valence electrons. The lowest BCUT2D eigenvalue weighted by Crippen LogP contribution is -2.57. The number of unbranched alkanes of at least 4 members (excludes halogenated alkanes) is 7. The van der Waals surface area contributed by atoms with E-state index in [0.29, 0.717) is 0 Å². The van der Waals surface area contributed by atoms with Crippen LogP contribution in [0.15, 0.2) is 0 Å². The zero-order valence-corrected chi connectivity index (χ0v) is 19.9. The van der Waals surface area contributed by atoms with Gasteiger partial charge in [0.15, 0.2) is 0 Å². The molecule has 0 rings (SSSR count). The van der Waals surface area contributed by atoms with Gasteiger partial charge in [-0.2, -0.15) is 0 Å². The van der Waals surface area contributed by atoms with Crippen molar-refractivity contribution in [3.63, 3.8) is 0 Å². The SMILES string of the molecule is CCCCCCCCC[Si](OC)(OC(CCCC)(OC)OC)C(C)(C)C. The standard InChI is InChI=1S/C21H46O4Si/c1-9-11-13-14-15-16-17-19-26(24-8,20(3,4)5)25-21(22-6,23-7)18-12-10-2/h9-19H2,1-8H3. The first kappa shape index (κ1) is 26.1. The molecule has 0 radical (unpaired) electrons. The predicted molar refractivity (Wildman–Crippen MR) is 113 cm³/mol. The molecule has 0 aromatic heterocycles. The Morgan fingerprint density at radius 1 is 0.692 bits per heavy atom. The van der Waals surface area contributed by atoms with Gasteiger partial charge in [0.25, 0.3) is 5.97 Å². The molecule has 0 amide bonds. The Balaban J connectivity index is 5.01. The van der Waals surface area contributed by atoms with Crippen LogP contribution in [0, 0.1) is 0 Å². The molecule has 0 aliphatic rings. The minimum absolute atomic E-state index is 0.0571. The molecule has 4 nitrogen and oxygen atoms in total. The average molecular weight is 391 g/mol. The molecule has 0 aliphatic heterocycles. The van der Waals surface area contributed by atoms with Crippen LogP contribution in [0.4, 0.5) is 0 Å². The van der Waals surface area contributed by atoms with Crippen LogP contribution in [0.1, 0.15) is 98.8 Å². The minimum Gasteiger partial charge on any atom is -0.397 e. The monoisotopic (exact) mass is 390 g/mol. The molecule has 0 saturated heterocycles. The summed E-state index contributed by atoms with van der Waals surface area (Å²) in [6.07, 6.45) is 11.8. The lowest BCUT2D eigenvalue weighted by atomic mass is 10.1. The van der Waals surface area contributed by atoms with Gasteiger partial charge in [-0.3, -0.25) is 0 Å². The minimum atomic E-state index is -2.52. The van der Waals surface area contributed by atoms with E-state index in [9.17, 15) is 0 Å². The average Bonchev–Trinajstić information content (AvgIpc) is 2.62. The molecule has 0 saturated carbocycles. The van der Waals surface area contributed by atoms with Crippen molar-refractivity contribution in [3.8, 4) is 0 Å². The van der Waals surface area contributed by atoms with Crippen LogP contribution >= 0.6 is 0 Å². The van der Waals surface area contributed by atoms with E-state index in [-0.39, 0.29) is 5.04 Å². The van der Waals surface area contributed by atoms with Crippen LogP contribution in [0.25, 0.3) is 0 Å². The third-order valence-electron chi connectivity index (χ3n) is 5.36. The molecule has 0 fully saturated rings. The van der Waals surface area contributed by atoms with Gasteiger partial charge in [0.1, 0.15) is 0 Å². The van der Waals surface area contributed by atoms with Crippen molar-refractivity contribution >= 4 is 8.56 Å². The summed E-state index contributed by atoms with van der Waals surface area (Å²) in [6, 6.07) is 0.974. The van der Waals surface area contributed by atoms with Crippen molar-refractivity contribution in [1.29, 1.82) is 0 Å². The van der Waals surface area contributed by atoms with Crippen molar-refractivity contribution in [2.24, 2.45) is 0 Å². The Labute approximate surface area is 164 Å². The van der Waals surface area contributed by atoms with Crippen LogP contribution in [0.2, 0.25) is 11.1 Å². The summed E-state index contributed by atoms with van der Waals surface area (Å²) in [5.74, 6) is -0.993. The summed E-state index contributed by atoms with van der Waals surface area (Å²) in [7, 11) is 2.62. The van der Waals surface area contributed by atoms with E-state index >= 15 is 0 Å². The third-order valence-corrected chi connectivity index (χ3v) is 9.96. The van der Waals surface area contributed by atoms with Gasteiger partial charge in [0.2, 0.25) is 0 Å². The van der Waals surface area contributed by atoms with Gasteiger partial charge in [0.05, 0.1) is 0 Å². The molecule has 1 unspecified atom stereocenters. The van der Waals surface area contributed by atoms with Gasteiger partial charge in [-0.15, -0.1) is 0 Å². The molecular weight excluding hydrogens is 344 g/mol. The fourth-order valence-corrected chi connectivity index (χ4v) is 6.95. The van der Waals surface area contributed by atoms with Crippen LogP contribution in [0.5, 0.6) is 0 Å². The maximum Gasteiger partial charge on any atom is 0.347 e. The first-order valence-electron chi connectivity index (χ1n) is 10.6. The molecule has 1 atom stereocenters. The molecule has 0 aromatic rings. The lowest BCUT2D eigenvalue weighted by Gasteiger charge is -2.46. The van der Waals surface area contributed by atoms with Gasteiger partial charge in [-0.05, 0) is 12.5 Å². The summed E-state index contributed by atoms with van der Waals surface area (Å²) >= 11 is 0. The smallest absolute Gasteiger partial charge is 0.347 e. The Hall–Kier alpha value is 0.0569. The van der Waals surface area contributed by atoms with Gasteiger partial charge in [0, 0.05) is 32.8 Å². The van der Waals surface area contributed by atoms with Crippen molar-refractivity contribution in [2.45, 2.75) is 116 Å². The molecule has 0 spiro atoms. The molecule has 0 bridgehead atoms. The Kier molecular flexibility index (Phi) is 13.3. The third kappa shape index (κ3) is 8.38. The highest BCUT2D eigenvalue weighted by molar-refractivity contribution is 6.70. The topological polar surface area (TPSA) is 36.9 Å². The number of ether oxygens (including phenoxy) is 2. The highest BCUT2D eigenvalue weighted by Gasteiger charge is 2.53. The van der Waals surface area contributed by atoms with E-state index in [1.807, 2.05) is 0 Å². The van der Waals surface area contributed by atoms with E-state index in [0.717, 1.165) is 31.7 Å². The largest absolute Gasteiger partial charge is 0.397 e. The fraction of sp³-hybridized carbons (Fsp3) is 1.00. The fourth-order valence-electron chi connectivity index (χ4n) is 3.41. The van der Waals surface area contributed by atoms with Crippen molar-refractivity contribution < 1.29 is 18.3 Å². The number of methoxy groups -OCH3 is 2. The summed E-state index contributed by atoms with van der Waals surface area (Å²) in [5.41, 5.74) is 0. The Bertz CT molecular complexity index is 339. The zero-order chi connectivity index (χ0) is 20.1. The molecule has 0 heterocycles. The second kappa shape index (κ2) is 13.3. The van der Waals surface area contributed by atoms with Crippen LogP contribution in [-0.4, -0.2) is 35.9 Å². The lowest BCUT2D eigenvalue weighted by molar-refractivity contribution is -0.337. The summed E-state index contributed by atoms with van der Waals surface area (Å²) < 4.78 is 24.2. The van der Waals surface area contributed by atoms with Crippen LogP contribution in [0.3, 0.4) is 0 Å². The van der Waals surface area contributed by atoms with E-state index < -0.39 is 14.5 Å². The summed E-state index contributed by atoms with van der Waals surface area (Å²) in [6.45, 7) is 11.1. The second-order valence-electron chi connectivity index (χ2n) is 8.38. The summed E-state index contributed by atoms with van der Waals surface area (Å²) in [4.78, 5) is 0. The molecule has 5 heteroatoms. The second-order valence-corrected chi connectivity index (χ2v) is 12.5. The maximum absolute atomic E-state index is 6.66. The number of hydrogen-bond donors (Lipinski definition) is 0. The normalized spacial score (nSPS) is 15.2. The quantitative estimate of drug-likeness (QED) is 0.165. The van der Waals surface area contributed by atoms with Gasteiger partial charge in [-0.25, -0.2) is 0 Å². The van der Waals surface area contributed by atoms with E-state index in [2.05, 4.69) is 34.6 Å². The molecule has 0 N–H and O–H groups in total. The molecule has 0 aromatic carbocycles. The van der Waals surface area contributed by atoms with Crippen LogP contribution in [-0.2, 0) is 18.3 Å². The highest BCUT2D eigenvalue weighted by atomic mass is 28.4. The van der Waals surface area contributed by atoms with E-state index in [1.165, 1.54) is 38.5 Å². The number of rotatable bonds is 16. The van der Waals surface area contributed by atoms with Crippen molar-refractivity contribution in [3.05, 3.63) is 0 Å². The van der Waals surface area contributed by atoms with Gasteiger partial charge < -0.3 is 18.3 Å².